The summed E-state index contributed by atoms with van der Waals surface area (Å²) in [6.45, 7) is 9.67. The highest BCUT2D eigenvalue weighted by Crippen LogP contribution is 2.58. The van der Waals surface area contributed by atoms with Gasteiger partial charge in [-0.15, -0.1) is 0 Å². The molecule has 2 aliphatic rings. The number of benzene rings is 2. The second-order valence-corrected chi connectivity index (χ2v) is 11.5. The number of hydrogen-bond acceptors (Lipinski definition) is 4. The fourth-order valence-corrected chi connectivity index (χ4v) is 5.94. The molecule has 2 heterocycles. The van der Waals surface area contributed by atoms with Gasteiger partial charge in [0.1, 0.15) is 17.7 Å². The summed E-state index contributed by atoms with van der Waals surface area (Å²) in [5.74, 6) is -2.76. The van der Waals surface area contributed by atoms with Crippen molar-refractivity contribution in [1.29, 1.82) is 0 Å². The molecule has 0 saturated carbocycles. The number of carbonyl (C=O) groups is 1. The van der Waals surface area contributed by atoms with Gasteiger partial charge in [0.15, 0.2) is 5.72 Å². The van der Waals surface area contributed by atoms with Crippen molar-refractivity contribution in [3.05, 3.63) is 69.2 Å². The standard InChI is InChI=1S/C25H28Cl2F2N2O2/c1-23(2,3)12-18-25(30,15-10-9-13(26)11-17(15)28)19(14-7-6-8-16(27)20(14)29)21-22(32)33-24(4,5)31(18)21/h6-11,18-19,21H,12,30H2,1-5H3/t18-,19-,21-,25+/m0/s1. The molecule has 33 heavy (non-hydrogen) atoms. The molecule has 0 unspecified atom stereocenters. The Balaban J connectivity index is 2.06. The number of nitrogens with zero attached hydrogens (tertiary/aromatic N) is 1. The number of halogens is 4. The van der Waals surface area contributed by atoms with Gasteiger partial charge in [0.25, 0.3) is 0 Å². The Morgan fingerprint density at radius 3 is 2.42 bits per heavy atom. The predicted molar refractivity (Wildman–Crippen MR) is 125 cm³/mol. The summed E-state index contributed by atoms with van der Waals surface area (Å²) in [5.41, 5.74) is 4.79. The van der Waals surface area contributed by atoms with Crippen LogP contribution in [0.15, 0.2) is 36.4 Å². The summed E-state index contributed by atoms with van der Waals surface area (Å²) in [4.78, 5) is 15.1. The highest BCUT2D eigenvalue weighted by atomic mass is 35.5. The zero-order valence-corrected chi connectivity index (χ0v) is 20.8. The first-order valence-corrected chi connectivity index (χ1v) is 11.6. The lowest BCUT2D eigenvalue weighted by Gasteiger charge is -2.44. The smallest absolute Gasteiger partial charge is 0.325 e. The van der Waals surface area contributed by atoms with Gasteiger partial charge in [0.2, 0.25) is 0 Å². The van der Waals surface area contributed by atoms with Crippen molar-refractivity contribution in [3.63, 3.8) is 0 Å². The molecule has 0 radical (unpaired) electrons. The van der Waals surface area contributed by atoms with E-state index in [9.17, 15) is 4.79 Å². The van der Waals surface area contributed by atoms with Crippen LogP contribution in [-0.2, 0) is 15.1 Å². The fraction of sp³-hybridized carbons (Fsp3) is 0.480. The average molecular weight is 497 g/mol. The number of cyclic esters (lactones) is 1. The van der Waals surface area contributed by atoms with Crippen LogP contribution in [0.3, 0.4) is 0 Å². The molecule has 0 amide bonds. The average Bonchev–Trinajstić information content (AvgIpc) is 3.06. The van der Waals surface area contributed by atoms with E-state index in [1.54, 1.807) is 32.0 Å². The van der Waals surface area contributed by atoms with E-state index in [2.05, 4.69) is 0 Å². The van der Waals surface area contributed by atoms with Crippen LogP contribution >= 0.6 is 23.2 Å². The van der Waals surface area contributed by atoms with Gasteiger partial charge in [-0.2, -0.15) is 0 Å². The summed E-state index contributed by atoms with van der Waals surface area (Å²) in [6.07, 6.45) is 0.501. The minimum atomic E-state index is -1.48. The number of nitrogens with two attached hydrogens (primary N) is 1. The minimum Gasteiger partial charge on any atom is -0.443 e. The second-order valence-electron chi connectivity index (χ2n) is 10.7. The number of rotatable bonds is 3. The number of fused-ring (bicyclic) bond motifs is 1. The van der Waals surface area contributed by atoms with Gasteiger partial charge in [-0.05, 0) is 49.4 Å². The molecular formula is C25H28Cl2F2N2O2. The molecule has 4 rings (SSSR count). The highest BCUT2D eigenvalue weighted by Gasteiger charge is 2.69. The quantitative estimate of drug-likeness (QED) is 0.530. The molecule has 0 bridgehead atoms. The van der Waals surface area contributed by atoms with Gasteiger partial charge in [0, 0.05) is 22.5 Å². The molecule has 8 heteroatoms. The summed E-state index contributed by atoms with van der Waals surface area (Å²) >= 11 is 12.2. The first-order valence-electron chi connectivity index (χ1n) is 10.9. The molecule has 0 aliphatic carbocycles. The molecule has 2 aromatic carbocycles. The maximum absolute atomic E-state index is 15.5. The van der Waals surface area contributed by atoms with Gasteiger partial charge < -0.3 is 10.5 Å². The van der Waals surface area contributed by atoms with Gasteiger partial charge in [-0.3, -0.25) is 4.79 Å². The van der Waals surface area contributed by atoms with Crippen LogP contribution in [0.5, 0.6) is 0 Å². The van der Waals surface area contributed by atoms with E-state index in [-0.39, 0.29) is 26.6 Å². The van der Waals surface area contributed by atoms with Crippen LogP contribution in [0.2, 0.25) is 10.0 Å². The van der Waals surface area contributed by atoms with Crippen molar-refractivity contribution in [3.8, 4) is 0 Å². The second kappa shape index (κ2) is 7.91. The predicted octanol–water partition coefficient (Wildman–Crippen LogP) is 5.99. The van der Waals surface area contributed by atoms with Crippen molar-refractivity contribution >= 4 is 29.2 Å². The molecule has 0 aromatic heterocycles. The zero-order chi connectivity index (χ0) is 24.5. The van der Waals surface area contributed by atoms with Gasteiger partial charge in [0.05, 0.1) is 10.6 Å². The minimum absolute atomic E-state index is 0.0946. The van der Waals surface area contributed by atoms with E-state index in [0.717, 1.165) is 0 Å². The molecule has 2 saturated heterocycles. The van der Waals surface area contributed by atoms with E-state index in [1.165, 1.54) is 18.2 Å². The number of hydrogen-bond donors (Lipinski definition) is 1. The molecule has 178 valence electrons. The molecule has 4 atom stereocenters. The van der Waals surface area contributed by atoms with Crippen molar-refractivity contribution in [1.82, 2.24) is 4.90 Å². The molecule has 4 nitrogen and oxygen atoms in total. The van der Waals surface area contributed by atoms with Gasteiger partial charge >= 0.3 is 5.97 Å². The topological polar surface area (TPSA) is 55.6 Å². The first-order chi connectivity index (χ1) is 15.2. The monoisotopic (exact) mass is 496 g/mol. The highest BCUT2D eigenvalue weighted by molar-refractivity contribution is 6.31. The van der Waals surface area contributed by atoms with Crippen LogP contribution in [0, 0.1) is 17.0 Å². The van der Waals surface area contributed by atoms with E-state index in [0.29, 0.717) is 6.42 Å². The summed E-state index contributed by atoms with van der Waals surface area (Å²) in [6, 6.07) is 7.40. The maximum atomic E-state index is 15.5. The van der Waals surface area contributed by atoms with Crippen molar-refractivity contribution in [2.45, 2.75) is 70.3 Å². The Kier molecular flexibility index (Phi) is 5.85. The van der Waals surface area contributed by atoms with Gasteiger partial charge in [-0.1, -0.05) is 62.2 Å². The lowest BCUT2D eigenvalue weighted by atomic mass is 9.68. The fourth-order valence-electron chi connectivity index (χ4n) is 5.60. The third kappa shape index (κ3) is 3.85. The van der Waals surface area contributed by atoms with E-state index >= 15 is 8.78 Å². The third-order valence-corrected chi connectivity index (χ3v) is 7.28. The van der Waals surface area contributed by atoms with Crippen LogP contribution < -0.4 is 5.73 Å². The Bertz CT molecular complexity index is 1120. The Labute approximate surface area is 203 Å². The largest absolute Gasteiger partial charge is 0.443 e. The van der Waals surface area contributed by atoms with Crippen molar-refractivity contribution in [2.24, 2.45) is 11.1 Å². The summed E-state index contributed by atoms with van der Waals surface area (Å²) in [7, 11) is 0. The van der Waals surface area contributed by atoms with E-state index < -0.39 is 46.9 Å². The van der Waals surface area contributed by atoms with E-state index in [1.807, 2.05) is 25.7 Å². The molecule has 2 aliphatic heterocycles. The lowest BCUT2D eigenvalue weighted by Crippen LogP contribution is -2.57. The molecular weight excluding hydrogens is 469 g/mol. The molecule has 2 N–H and O–H groups in total. The summed E-state index contributed by atoms with van der Waals surface area (Å²) in [5, 5.41) is 0.124. The first kappa shape index (κ1) is 24.4. The van der Waals surface area contributed by atoms with Crippen LogP contribution in [0.25, 0.3) is 0 Å². The third-order valence-electron chi connectivity index (χ3n) is 6.75. The Hall–Kier alpha value is -1.73. The van der Waals surface area contributed by atoms with Crippen LogP contribution in [0.1, 0.15) is 58.1 Å². The van der Waals surface area contributed by atoms with Gasteiger partial charge in [-0.25, -0.2) is 13.7 Å². The maximum Gasteiger partial charge on any atom is 0.325 e. The Morgan fingerprint density at radius 1 is 1.15 bits per heavy atom. The number of ether oxygens (including phenoxy) is 1. The zero-order valence-electron chi connectivity index (χ0n) is 19.3. The normalized spacial score (nSPS) is 29.3. The number of esters is 1. The van der Waals surface area contributed by atoms with Crippen molar-refractivity contribution in [2.75, 3.05) is 0 Å². The molecule has 2 fully saturated rings. The van der Waals surface area contributed by atoms with Crippen molar-refractivity contribution < 1.29 is 18.3 Å². The van der Waals surface area contributed by atoms with E-state index in [4.69, 9.17) is 33.7 Å². The van der Waals surface area contributed by atoms with Crippen LogP contribution in [0.4, 0.5) is 8.78 Å². The Morgan fingerprint density at radius 2 is 1.82 bits per heavy atom. The molecule has 2 aromatic rings. The van der Waals surface area contributed by atoms with Crippen LogP contribution in [-0.4, -0.2) is 28.7 Å². The lowest BCUT2D eigenvalue weighted by molar-refractivity contribution is -0.152. The number of carbonyl (C=O) groups excluding carboxylic acids is 1. The molecule has 0 spiro atoms. The summed E-state index contributed by atoms with van der Waals surface area (Å²) < 4.78 is 36.6. The SMILES string of the molecule is CC(C)(C)C[C@@H]1N2[C@H](C(=O)OC2(C)C)[C@H](c2cccc(Cl)c2F)[C@@]1(N)c1ccc(Cl)cc1F.